The van der Waals surface area contributed by atoms with Gasteiger partial charge < -0.3 is 20.3 Å². The van der Waals surface area contributed by atoms with Gasteiger partial charge in [0.1, 0.15) is 16.5 Å². The lowest BCUT2D eigenvalue weighted by Gasteiger charge is -2.30. The average Bonchev–Trinajstić information content (AvgIpc) is 3.55. The number of carbonyl (C=O) groups excluding carboxylic acids is 1. The van der Waals surface area contributed by atoms with Gasteiger partial charge in [0.2, 0.25) is 0 Å². The summed E-state index contributed by atoms with van der Waals surface area (Å²) >= 11 is 1.46. The van der Waals surface area contributed by atoms with E-state index < -0.39 is 0 Å². The summed E-state index contributed by atoms with van der Waals surface area (Å²) in [5.74, 6) is 0.554. The molecule has 2 aromatic heterocycles. The highest BCUT2D eigenvalue weighted by molar-refractivity contribution is 7.11. The van der Waals surface area contributed by atoms with E-state index in [0.717, 1.165) is 53.9 Å². The number of thiazole rings is 1. The first-order valence-corrected chi connectivity index (χ1v) is 11.6. The number of anilines is 3. The smallest absolute Gasteiger partial charge is 0.275 e. The molecule has 170 valence electrons. The van der Waals surface area contributed by atoms with Gasteiger partial charge in [0.25, 0.3) is 5.91 Å². The molecule has 1 aromatic carbocycles. The van der Waals surface area contributed by atoms with E-state index in [4.69, 9.17) is 4.74 Å². The molecule has 0 spiro atoms. The van der Waals surface area contributed by atoms with Gasteiger partial charge >= 0.3 is 0 Å². The quantitative estimate of drug-likeness (QED) is 0.514. The van der Waals surface area contributed by atoms with Crippen LogP contribution in [0.2, 0.25) is 0 Å². The van der Waals surface area contributed by atoms with Crippen LogP contribution in [0.5, 0.6) is 5.75 Å². The summed E-state index contributed by atoms with van der Waals surface area (Å²) < 4.78 is 5.31. The van der Waals surface area contributed by atoms with Crippen molar-refractivity contribution in [3.05, 3.63) is 65.0 Å². The summed E-state index contributed by atoms with van der Waals surface area (Å²) in [5, 5.41) is 10.9. The van der Waals surface area contributed by atoms with Crippen LogP contribution < -0.4 is 30.7 Å². The van der Waals surface area contributed by atoms with Gasteiger partial charge in [-0.1, -0.05) is 6.07 Å². The first-order valence-electron chi connectivity index (χ1n) is 10.8. The zero-order valence-electron chi connectivity index (χ0n) is 18.2. The molecule has 4 heterocycles. The first kappa shape index (κ1) is 21.4. The molecule has 0 saturated carbocycles. The number of amides is 1. The number of nitrogens with zero attached hydrogens (tertiary/aromatic N) is 4. The minimum Gasteiger partial charge on any atom is -0.497 e. The second kappa shape index (κ2) is 9.57. The number of nitrogens with one attached hydrogen (secondary N) is 3. The van der Waals surface area contributed by atoms with Crippen molar-refractivity contribution in [3.8, 4) is 5.75 Å². The van der Waals surface area contributed by atoms with Crippen molar-refractivity contribution < 1.29 is 9.53 Å². The van der Waals surface area contributed by atoms with Crippen molar-refractivity contribution in [1.82, 2.24) is 20.7 Å². The molecular weight excluding hydrogens is 438 g/mol. The molecule has 1 fully saturated rings. The van der Waals surface area contributed by atoms with Gasteiger partial charge in [0.15, 0.2) is 0 Å². The van der Waals surface area contributed by atoms with Crippen LogP contribution >= 0.6 is 11.3 Å². The van der Waals surface area contributed by atoms with Crippen LogP contribution in [0.25, 0.3) is 5.57 Å². The fourth-order valence-corrected chi connectivity index (χ4v) is 4.66. The summed E-state index contributed by atoms with van der Waals surface area (Å²) in [6, 6.07) is 9.75. The van der Waals surface area contributed by atoms with Crippen LogP contribution in [-0.2, 0) is 0 Å². The lowest BCUT2D eigenvalue weighted by Crippen LogP contribution is -2.43. The minimum atomic E-state index is -0.238. The second-order valence-electron chi connectivity index (χ2n) is 7.68. The normalized spacial score (nSPS) is 16.0. The average molecular weight is 464 g/mol. The molecule has 3 aromatic rings. The number of methoxy groups -OCH3 is 1. The van der Waals surface area contributed by atoms with Crippen molar-refractivity contribution in [2.75, 3.05) is 55.1 Å². The van der Waals surface area contributed by atoms with E-state index in [1.54, 1.807) is 24.9 Å². The van der Waals surface area contributed by atoms with Crippen molar-refractivity contribution in [2.24, 2.45) is 0 Å². The number of hydrazine groups is 1. The van der Waals surface area contributed by atoms with Crippen molar-refractivity contribution in [1.29, 1.82) is 0 Å². The summed E-state index contributed by atoms with van der Waals surface area (Å²) in [5.41, 5.74) is 7.39. The van der Waals surface area contributed by atoms with Crippen LogP contribution in [0, 0.1) is 0 Å². The van der Waals surface area contributed by atoms with Crippen LogP contribution in [0.3, 0.4) is 0 Å². The molecule has 0 atom stereocenters. The summed E-state index contributed by atoms with van der Waals surface area (Å²) in [6.07, 6.45) is 5.44. The Bertz CT molecular complexity index is 1170. The Morgan fingerprint density at radius 2 is 2.12 bits per heavy atom. The van der Waals surface area contributed by atoms with Crippen LogP contribution in [0.4, 0.5) is 17.1 Å². The Morgan fingerprint density at radius 1 is 1.24 bits per heavy atom. The molecule has 1 saturated heterocycles. The van der Waals surface area contributed by atoms with E-state index in [2.05, 4.69) is 30.9 Å². The number of carbonyl (C=O) groups is 1. The molecule has 5 rings (SSSR count). The third-order valence-electron chi connectivity index (χ3n) is 5.57. The molecule has 0 radical (unpaired) electrons. The van der Waals surface area contributed by atoms with E-state index in [-0.39, 0.29) is 5.91 Å². The van der Waals surface area contributed by atoms with Crippen molar-refractivity contribution in [2.45, 2.75) is 0 Å². The van der Waals surface area contributed by atoms with Crippen LogP contribution in [-0.4, -0.2) is 55.7 Å². The molecule has 2 aliphatic heterocycles. The predicted molar refractivity (Wildman–Crippen MR) is 131 cm³/mol. The van der Waals surface area contributed by atoms with Crippen molar-refractivity contribution in [3.63, 3.8) is 0 Å². The summed E-state index contributed by atoms with van der Waals surface area (Å²) in [4.78, 5) is 24.0. The Morgan fingerprint density at radius 3 is 2.97 bits per heavy atom. The summed E-state index contributed by atoms with van der Waals surface area (Å²) in [6.45, 7) is 4.24. The molecule has 1 amide bonds. The predicted octanol–water partition coefficient (Wildman–Crippen LogP) is 2.57. The summed E-state index contributed by atoms with van der Waals surface area (Å²) in [7, 11) is 1.65. The third-order valence-corrected chi connectivity index (χ3v) is 6.49. The molecule has 3 N–H and O–H groups in total. The molecule has 0 bridgehead atoms. The SMILES string of the molecule is COc1cccc(N2C=C(c3nc(C(=O)Nc4cnccc4N4CCNCC4)cs3)CN2)c1. The first-order chi connectivity index (χ1) is 16.2. The maximum atomic E-state index is 12.9. The highest BCUT2D eigenvalue weighted by Gasteiger charge is 2.21. The molecule has 0 aliphatic carbocycles. The Labute approximate surface area is 196 Å². The molecule has 9 nitrogen and oxygen atoms in total. The van der Waals surface area contributed by atoms with Gasteiger partial charge in [-0.25, -0.2) is 10.4 Å². The fraction of sp³-hybridized carbons (Fsp3) is 0.261. The van der Waals surface area contributed by atoms with E-state index in [1.807, 2.05) is 41.5 Å². The Balaban J connectivity index is 1.30. The second-order valence-corrected chi connectivity index (χ2v) is 8.54. The van der Waals surface area contributed by atoms with Crippen LogP contribution in [0.15, 0.2) is 54.3 Å². The van der Waals surface area contributed by atoms with E-state index in [9.17, 15) is 4.79 Å². The number of pyridine rings is 1. The maximum absolute atomic E-state index is 12.9. The molecule has 2 aliphatic rings. The zero-order chi connectivity index (χ0) is 22.6. The monoisotopic (exact) mass is 463 g/mol. The number of hydrogen-bond donors (Lipinski definition) is 3. The third kappa shape index (κ3) is 4.68. The maximum Gasteiger partial charge on any atom is 0.275 e. The number of hydrogen-bond acceptors (Lipinski definition) is 9. The highest BCUT2D eigenvalue weighted by atomic mass is 32.1. The van der Waals surface area contributed by atoms with E-state index in [1.165, 1.54) is 11.3 Å². The molecule has 0 unspecified atom stereocenters. The van der Waals surface area contributed by atoms with Gasteiger partial charge in [-0.3, -0.25) is 14.8 Å². The number of rotatable bonds is 6. The molecule has 33 heavy (non-hydrogen) atoms. The fourth-order valence-electron chi connectivity index (χ4n) is 3.85. The van der Waals surface area contributed by atoms with Crippen molar-refractivity contribution >= 4 is 39.9 Å². The zero-order valence-corrected chi connectivity index (χ0v) is 19.1. The molecular formula is C23H25N7O2S. The van der Waals surface area contributed by atoms with Gasteiger partial charge in [-0.2, -0.15) is 0 Å². The number of ether oxygens (including phenoxy) is 1. The van der Waals surface area contributed by atoms with E-state index in [0.29, 0.717) is 17.9 Å². The standard InChI is InChI=1S/C23H25N7O2S/c1-32-18-4-2-3-17(11-18)30-14-16(12-26-30)23-28-20(15-33-23)22(31)27-19-13-25-6-5-21(19)29-9-7-24-8-10-29/h2-6,11,13-15,24,26H,7-10,12H2,1H3,(H,27,31). The van der Waals surface area contributed by atoms with Gasteiger partial charge in [0.05, 0.1) is 30.4 Å². The largest absolute Gasteiger partial charge is 0.497 e. The highest BCUT2D eigenvalue weighted by Crippen LogP contribution is 2.29. The van der Waals surface area contributed by atoms with Gasteiger partial charge in [-0.15, -0.1) is 11.3 Å². The van der Waals surface area contributed by atoms with Gasteiger partial charge in [-0.05, 0) is 18.2 Å². The van der Waals surface area contributed by atoms with Crippen LogP contribution in [0.1, 0.15) is 15.5 Å². The Kier molecular flexibility index (Phi) is 6.20. The van der Waals surface area contributed by atoms with Gasteiger partial charge in [0, 0.05) is 62.1 Å². The van der Waals surface area contributed by atoms with E-state index >= 15 is 0 Å². The lowest BCUT2D eigenvalue weighted by atomic mass is 10.2. The molecule has 10 heteroatoms. The number of benzene rings is 1. The lowest BCUT2D eigenvalue weighted by molar-refractivity contribution is 0.102. The topological polar surface area (TPSA) is 94.6 Å². The number of aromatic nitrogens is 2. The Hall–Kier alpha value is -3.47. The number of piperazine rings is 1. The minimum absolute atomic E-state index is 0.238.